The van der Waals surface area contributed by atoms with Crippen molar-refractivity contribution in [3.8, 4) is 12.1 Å². The predicted octanol–water partition coefficient (Wildman–Crippen LogP) is 5.48. The zero-order valence-electron chi connectivity index (χ0n) is 24.9. The topological polar surface area (TPSA) is 85.6 Å². The lowest BCUT2D eigenvalue weighted by Crippen LogP contribution is -2.55. The average molecular weight is 615 g/mol. The first-order valence-corrected chi connectivity index (χ1v) is 15.6. The van der Waals surface area contributed by atoms with Crippen molar-refractivity contribution in [2.24, 2.45) is 0 Å². The van der Waals surface area contributed by atoms with Crippen molar-refractivity contribution in [2.45, 2.75) is 70.4 Å². The third-order valence-electron chi connectivity index (χ3n) is 8.25. The number of anilines is 1. The molecular weight excluding hydrogens is 574 g/mol. The van der Waals surface area contributed by atoms with Gasteiger partial charge in [-0.3, -0.25) is 9.69 Å². The summed E-state index contributed by atoms with van der Waals surface area (Å²) in [5.41, 5.74) is 2.99. The second-order valence-electron chi connectivity index (χ2n) is 11.1. The minimum absolute atomic E-state index is 0.0594. The first-order valence-electron chi connectivity index (χ1n) is 15.2. The Bertz CT molecular complexity index is 1310. The van der Waals surface area contributed by atoms with Crippen LogP contribution in [0.25, 0.3) is 0 Å². The van der Waals surface area contributed by atoms with Crippen LogP contribution in [0, 0.1) is 11.3 Å². The molecule has 2 aliphatic heterocycles. The molecule has 8 nitrogen and oxygen atoms in total. The monoisotopic (exact) mass is 614 g/mol. The lowest BCUT2D eigenvalue weighted by Gasteiger charge is -2.41. The molecule has 2 atom stereocenters. The number of likely N-dealkylation sites (tertiary alicyclic amines) is 1. The van der Waals surface area contributed by atoms with Crippen LogP contribution in [0.2, 0.25) is 5.02 Å². The number of carbonyl (C=O) groups is 1. The number of ether oxygens (including phenoxy) is 1. The summed E-state index contributed by atoms with van der Waals surface area (Å²) in [6.07, 6.45) is 5.90. The van der Waals surface area contributed by atoms with Gasteiger partial charge >= 0.3 is 6.01 Å². The molecule has 11 heteroatoms. The fraction of sp³-hybridized carbons (Fsp3) is 0.562. The van der Waals surface area contributed by atoms with Crippen LogP contribution in [0.5, 0.6) is 6.01 Å². The SMILES string of the molecule is C=C(F)C(=O)N1CCN(c2nc(OCC3CCCN3CCF)nc(CCCc3ccccc3Cl)c2CCC)CC1CC#N. The molecule has 2 aliphatic rings. The van der Waals surface area contributed by atoms with Crippen molar-refractivity contribution in [3.63, 3.8) is 0 Å². The van der Waals surface area contributed by atoms with Crippen molar-refractivity contribution in [1.82, 2.24) is 19.8 Å². The molecule has 0 aliphatic carbocycles. The maximum atomic E-state index is 13.8. The molecule has 0 radical (unpaired) electrons. The van der Waals surface area contributed by atoms with Crippen LogP contribution in [0.3, 0.4) is 0 Å². The lowest BCUT2D eigenvalue weighted by molar-refractivity contribution is -0.131. The smallest absolute Gasteiger partial charge is 0.318 e. The molecule has 232 valence electrons. The van der Waals surface area contributed by atoms with E-state index in [-0.39, 0.29) is 25.0 Å². The largest absolute Gasteiger partial charge is 0.462 e. The van der Waals surface area contributed by atoms with Crippen LogP contribution in [0.1, 0.15) is 55.8 Å². The van der Waals surface area contributed by atoms with E-state index in [0.717, 1.165) is 72.7 Å². The Kier molecular flexibility index (Phi) is 12.1. The third kappa shape index (κ3) is 8.42. The summed E-state index contributed by atoms with van der Waals surface area (Å²) in [5, 5.41) is 10.2. The number of amides is 1. The van der Waals surface area contributed by atoms with Gasteiger partial charge in [-0.2, -0.15) is 15.2 Å². The number of rotatable bonds is 14. The molecule has 3 heterocycles. The quantitative estimate of drug-likeness (QED) is 0.260. The Morgan fingerprint density at radius 3 is 2.72 bits per heavy atom. The molecule has 0 saturated carbocycles. The average Bonchev–Trinajstić information content (AvgIpc) is 3.45. The van der Waals surface area contributed by atoms with Crippen LogP contribution < -0.4 is 9.64 Å². The second kappa shape index (κ2) is 16.0. The molecule has 0 spiro atoms. The molecule has 2 unspecified atom stereocenters. The summed E-state index contributed by atoms with van der Waals surface area (Å²) in [6, 6.07) is 9.82. The highest BCUT2D eigenvalue weighted by atomic mass is 35.5. The number of nitrogens with zero attached hydrogens (tertiary/aromatic N) is 6. The Morgan fingerprint density at radius 1 is 1.19 bits per heavy atom. The zero-order valence-corrected chi connectivity index (χ0v) is 25.7. The molecule has 2 aromatic rings. The molecule has 4 rings (SSSR count). The standard InChI is InChI=1S/C32H41ClF2N6O2/c1-3-8-27-29(13-6-10-24-9-4-5-12-28(24)33)37-32(43-22-26-11-7-17-39(26)18-15-34)38-30(27)40-19-20-41(31(42)23(2)35)25(21-40)14-16-36/h4-5,9,12,25-26H,2-3,6-8,10-11,13-15,17-22H2,1H3. The minimum Gasteiger partial charge on any atom is -0.462 e. The molecule has 1 amide bonds. The van der Waals surface area contributed by atoms with Gasteiger partial charge in [0.05, 0.1) is 24.2 Å². The third-order valence-corrected chi connectivity index (χ3v) is 8.61. The summed E-state index contributed by atoms with van der Waals surface area (Å²) in [7, 11) is 0. The van der Waals surface area contributed by atoms with E-state index in [1.54, 1.807) is 0 Å². The molecule has 0 bridgehead atoms. The van der Waals surface area contributed by atoms with Crippen LogP contribution in [-0.2, 0) is 24.1 Å². The summed E-state index contributed by atoms with van der Waals surface area (Å²) in [5.74, 6) is -1.09. The predicted molar refractivity (Wildman–Crippen MR) is 164 cm³/mol. The Hall–Kier alpha value is -3.29. The van der Waals surface area contributed by atoms with E-state index in [1.807, 2.05) is 24.3 Å². The Balaban J connectivity index is 1.63. The van der Waals surface area contributed by atoms with E-state index in [0.29, 0.717) is 32.7 Å². The molecule has 0 N–H and O–H groups in total. The first-order chi connectivity index (χ1) is 20.9. The van der Waals surface area contributed by atoms with Gasteiger partial charge in [0, 0.05) is 42.8 Å². The summed E-state index contributed by atoms with van der Waals surface area (Å²) >= 11 is 6.41. The number of nitriles is 1. The molecule has 43 heavy (non-hydrogen) atoms. The first kappa shape index (κ1) is 32.6. The molecule has 2 fully saturated rings. The highest BCUT2D eigenvalue weighted by Crippen LogP contribution is 2.30. The molecule has 1 aromatic heterocycles. The van der Waals surface area contributed by atoms with E-state index in [1.165, 1.54) is 4.90 Å². The fourth-order valence-corrected chi connectivity index (χ4v) is 6.32. The van der Waals surface area contributed by atoms with E-state index in [4.69, 9.17) is 26.3 Å². The van der Waals surface area contributed by atoms with E-state index in [2.05, 4.69) is 29.4 Å². The number of aryl methyl sites for hydroxylation is 2. The van der Waals surface area contributed by atoms with Crippen molar-refractivity contribution in [3.05, 3.63) is 58.5 Å². The Labute approximate surface area is 258 Å². The van der Waals surface area contributed by atoms with Gasteiger partial charge in [0.1, 0.15) is 19.1 Å². The molecule has 1 aromatic carbocycles. The van der Waals surface area contributed by atoms with Crippen molar-refractivity contribution >= 4 is 23.3 Å². The highest BCUT2D eigenvalue weighted by Gasteiger charge is 2.34. The summed E-state index contributed by atoms with van der Waals surface area (Å²) in [4.78, 5) is 27.8. The van der Waals surface area contributed by atoms with Crippen LogP contribution in [0.15, 0.2) is 36.7 Å². The summed E-state index contributed by atoms with van der Waals surface area (Å²) < 4.78 is 33.1. The molecular formula is C32H41ClF2N6O2. The van der Waals surface area contributed by atoms with Gasteiger partial charge in [0.25, 0.3) is 5.91 Å². The number of piperazine rings is 1. The number of alkyl halides is 1. The fourth-order valence-electron chi connectivity index (χ4n) is 6.09. The van der Waals surface area contributed by atoms with Gasteiger partial charge in [-0.25, -0.2) is 8.78 Å². The maximum absolute atomic E-state index is 13.8. The van der Waals surface area contributed by atoms with E-state index < -0.39 is 24.5 Å². The van der Waals surface area contributed by atoms with Gasteiger partial charge in [0.2, 0.25) is 0 Å². The normalized spacial score (nSPS) is 19.0. The Morgan fingerprint density at radius 2 is 2.00 bits per heavy atom. The van der Waals surface area contributed by atoms with Crippen LogP contribution in [-0.4, -0.2) is 83.8 Å². The van der Waals surface area contributed by atoms with Gasteiger partial charge in [-0.15, -0.1) is 0 Å². The van der Waals surface area contributed by atoms with Crippen molar-refractivity contribution in [2.75, 3.05) is 50.9 Å². The number of benzene rings is 1. The number of hydrogen-bond acceptors (Lipinski definition) is 7. The van der Waals surface area contributed by atoms with E-state index in [9.17, 15) is 18.8 Å². The van der Waals surface area contributed by atoms with E-state index >= 15 is 0 Å². The van der Waals surface area contributed by atoms with Gasteiger partial charge in [-0.1, -0.05) is 49.7 Å². The van der Waals surface area contributed by atoms with Crippen molar-refractivity contribution in [1.29, 1.82) is 5.26 Å². The maximum Gasteiger partial charge on any atom is 0.318 e. The van der Waals surface area contributed by atoms with Gasteiger partial charge < -0.3 is 14.5 Å². The van der Waals surface area contributed by atoms with Crippen LogP contribution in [0.4, 0.5) is 14.6 Å². The molecule has 2 saturated heterocycles. The number of halogens is 3. The highest BCUT2D eigenvalue weighted by molar-refractivity contribution is 6.31. The number of aromatic nitrogens is 2. The lowest BCUT2D eigenvalue weighted by atomic mass is 10.0. The van der Waals surface area contributed by atoms with Gasteiger partial charge in [-0.05, 0) is 56.7 Å². The number of hydrogen-bond donors (Lipinski definition) is 0. The minimum atomic E-state index is -1.03. The van der Waals surface area contributed by atoms with Crippen LogP contribution >= 0.6 is 11.6 Å². The van der Waals surface area contributed by atoms with Gasteiger partial charge in [0.15, 0.2) is 5.83 Å². The second-order valence-corrected chi connectivity index (χ2v) is 11.6. The zero-order chi connectivity index (χ0) is 30.8. The summed E-state index contributed by atoms with van der Waals surface area (Å²) in [6.45, 7) is 7.45. The number of carbonyl (C=O) groups excluding carboxylic acids is 1. The van der Waals surface area contributed by atoms with Crippen molar-refractivity contribution < 1.29 is 18.3 Å².